The summed E-state index contributed by atoms with van der Waals surface area (Å²) in [6, 6.07) is 11.7. The Kier molecular flexibility index (Phi) is 4.91. The number of alkyl halides is 3. The zero-order valence-corrected chi connectivity index (χ0v) is 15.0. The molecule has 1 N–H and O–H groups in total. The van der Waals surface area contributed by atoms with Crippen molar-refractivity contribution in [1.29, 1.82) is 0 Å². The van der Waals surface area contributed by atoms with Crippen LogP contribution in [0.1, 0.15) is 11.4 Å². The molecule has 0 aliphatic carbocycles. The highest BCUT2D eigenvalue weighted by Crippen LogP contribution is 2.30. The molecule has 0 spiro atoms. The Morgan fingerprint density at radius 1 is 1.07 bits per heavy atom. The zero-order chi connectivity index (χ0) is 19.7. The third-order valence-corrected chi connectivity index (χ3v) is 4.88. The van der Waals surface area contributed by atoms with Crippen LogP contribution in [-0.2, 0) is 17.5 Å². The van der Waals surface area contributed by atoms with Gasteiger partial charge in [-0.25, -0.2) is 4.98 Å². The van der Waals surface area contributed by atoms with Gasteiger partial charge >= 0.3 is 6.18 Å². The van der Waals surface area contributed by atoms with Crippen molar-refractivity contribution in [2.24, 2.45) is 0 Å². The fourth-order valence-electron chi connectivity index (χ4n) is 3.45. The SMILES string of the molecule is O=c1c2ccccc2nc(C[NH+]2CCOCC2)n1-c1cccc(C(F)(F)F)c1. The summed E-state index contributed by atoms with van der Waals surface area (Å²) in [6.45, 7) is 3.16. The molecule has 0 radical (unpaired) electrons. The molecule has 4 rings (SSSR count). The van der Waals surface area contributed by atoms with Crippen LogP contribution in [0, 0.1) is 0 Å². The number of hydrogen-bond acceptors (Lipinski definition) is 3. The molecule has 2 heterocycles. The third-order valence-electron chi connectivity index (χ3n) is 4.88. The molecule has 1 aliphatic rings. The van der Waals surface area contributed by atoms with E-state index >= 15 is 0 Å². The molecular weight excluding hydrogens is 371 g/mol. The number of aromatic nitrogens is 2. The van der Waals surface area contributed by atoms with Gasteiger partial charge in [-0.1, -0.05) is 18.2 Å². The van der Waals surface area contributed by atoms with Crippen LogP contribution in [0.5, 0.6) is 0 Å². The molecule has 5 nitrogen and oxygen atoms in total. The highest BCUT2D eigenvalue weighted by atomic mass is 19.4. The van der Waals surface area contributed by atoms with Crippen molar-refractivity contribution in [3.63, 3.8) is 0 Å². The van der Waals surface area contributed by atoms with Crippen LogP contribution < -0.4 is 10.5 Å². The molecule has 0 atom stereocenters. The van der Waals surface area contributed by atoms with Gasteiger partial charge in [-0.15, -0.1) is 0 Å². The van der Waals surface area contributed by atoms with Crippen LogP contribution in [0.2, 0.25) is 0 Å². The monoisotopic (exact) mass is 390 g/mol. The van der Waals surface area contributed by atoms with Crippen LogP contribution in [0.15, 0.2) is 53.3 Å². The number of halogens is 3. The summed E-state index contributed by atoms with van der Waals surface area (Å²) in [6.07, 6.45) is -4.49. The quantitative estimate of drug-likeness (QED) is 0.742. The van der Waals surface area contributed by atoms with Gasteiger partial charge in [0.15, 0.2) is 5.82 Å². The number of nitrogens with zero attached hydrogens (tertiary/aromatic N) is 2. The lowest BCUT2D eigenvalue weighted by molar-refractivity contribution is -0.922. The fraction of sp³-hybridized carbons (Fsp3) is 0.300. The van der Waals surface area contributed by atoms with Crippen LogP contribution in [0.25, 0.3) is 16.6 Å². The summed E-state index contributed by atoms with van der Waals surface area (Å²) in [5.41, 5.74) is -0.457. The Hall–Kier alpha value is -2.71. The zero-order valence-electron chi connectivity index (χ0n) is 15.0. The van der Waals surface area contributed by atoms with Crippen LogP contribution in [0.3, 0.4) is 0 Å². The second-order valence-electron chi connectivity index (χ2n) is 6.77. The minimum Gasteiger partial charge on any atom is -0.370 e. The predicted molar refractivity (Wildman–Crippen MR) is 97.6 cm³/mol. The summed E-state index contributed by atoms with van der Waals surface area (Å²) in [4.78, 5) is 19.0. The summed E-state index contributed by atoms with van der Waals surface area (Å²) in [7, 11) is 0. The highest BCUT2D eigenvalue weighted by molar-refractivity contribution is 5.77. The molecule has 0 bridgehead atoms. The number of para-hydroxylation sites is 1. The first-order valence-electron chi connectivity index (χ1n) is 9.03. The number of fused-ring (bicyclic) bond motifs is 1. The lowest BCUT2D eigenvalue weighted by Gasteiger charge is -2.24. The van der Waals surface area contributed by atoms with Crippen LogP contribution in [-0.4, -0.2) is 35.9 Å². The molecule has 0 saturated carbocycles. The van der Waals surface area contributed by atoms with Crippen LogP contribution >= 0.6 is 0 Å². The van der Waals surface area contributed by atoms with Gasteiger partial charge in [-0.05, 0) is 30.3 Å². The Labute approximate surface area is 159 Å². The van der Waals surface area contributed by atoms with Gasteiger partial charge in [-0.3, -0.25) is 9.36 Å². The van der Waals surface area contributed by atoms with Crippen LogP contribution in [0.4, 0.5) is 13.2 Å². The molecule has 1 aromatic heterocycles. The van der Waals surface area contributed by atoms with Crippen molar-refractivity contribution < 1.29 is 22.8 Å². The first-order valence-corrected chi connectivity index (χ1v) is 9.03. The van der Waals surface area contributed by atoms with E-state index in [0.29, 0.717) is 36.5 Å². The summed E-state index contributed by atoms with van der Waals surface area (Å²) < 4.78 is 46.2. The Balaban J connectivity index is 1.89. The van der Waals surface area contributed by atoms with E-state index in [1.165, 1.54) is 21.6 Å². The Morgan fingerprint density at radius 3 is 2.57 bits per heavy atom. The fourth-order valence-corrected chi connectivity index (χ4v) is 3.45. The van der Waals surface area contributed by atoms with E-state index in [9.17, 15) is 18.0 Å². The van der Waals surface area contributed by atoms with E-state index in [4.69, 9.17) is 4.74 Å². The summed E-state index contributed by atoms with van der Waals surface area (Å²) in [5, 5.41) is 0.376. The largest absolute Gasteiger partial charge is 0.416 e. The van der Waals surface area contributed by atoms with Crippen molar-refractivity contribution in [3.8, 4) is 5.69 Å². The van der Waals surface area contributed by atoms with Gasteiger partial charge in [0.1, 0.15) is 19.6 Å². The standard InChI is InChI=1S/C20H18F3N3O2/c21-20(22,23)14-4-3-5-15(12-14)26-18(13-25-8-10-28-11-9-25)24-17-7-2-1-6-16(17)19(26)27/h1-7,12H,8-11,13H2/p+1. The van der Waals surface area contributed by atoms with Crippen molar-refractivity contribution in [2.45, 2.75) is 12.7 Å². The smallest absolute Gasteiger partial charge is 0.370 e. The van der Waals surface area contributed by atoms with Crippen molar-refractivity contribution in [3.05, 3.63) is 70.3 Å². The van der Waals surface area contributed by atoms with Crippen molar-refractivity contribution in [2.75, 3.05) is 26.3 Å². The molecule has 28 heavy (non-hydrogen) atoms. The van der Waals surface area contributed by atoms with Gasteiger partial charge in [0.25, 0.3) is 5.56 Å². The molecule has 1 saturated heterocycles. The Bertz CT molecular complexity index is 1060. The van der Waals surface area contributed by atoms with Gasteiger partial charge in [0.2, 0.25) is 0 Å². The molecule has 0 amide bonds. The molecule has 0 unspecified atom stereocenters. The minimum absolute atomic E-state index is 0.167. The van der Waals surface area contributed by atoms with E-state index in [2.05, 4.69) is 4.98 Å². The average molecular weight is 390 g/mol. The highest BCUT2D eigenvalue weighted by Gasteiger charge is 2.31. The molecule has 146 valence electrons. The maximum Gasteiger partial charge on any atom is 0.416 e. The van der Waals surface area contributed by atoms with Crippen molar-refractivity contribution in [1.82, 2.24) is 9.55 Å². The van der Waals surface area contributed by atoms with E-state index < -0.39 is 11.7 Å². The number of benzene rings is 2. The first-order chi connectivity index (χ1) is 13.4. The van der Waals surface area contributed by atoms with Gasteiger partial charge < -0.3 is 9.64 Å². The number of rotatable bonds is 3. The topological polar surface area (TPSA) is 48.6 Å². The summed E-state index contributed by atoms with van der Waals surface area (Å²) >= 11 is 0. The normalized spacial score (nSPS) is 15.8. The second-order valence-corrected chi connectivity index (χ2v) is 6.77. The number of quaternary nitrogens is 1. The molecule has 3 aromatic rings. The second kappa shape index (κ2) is 7.37. The maximum atomic E-state index is 13.2. The van der Waals surface area contributed by atoms with Gasteiger partial charge in [0.05, 0.1) is 35.4 Å². The lowest BCUT2D eigenvalue weighted by Crippen LogP contribution is -3.13. The number of nitrogens with one attached hydrogen (secondary N) is 1. The molecule has 1 aliphatic heterocycles. The minimum atomic E-state index is -4.49. The Morgan fingerprint density at radius 2 is 1.82 bits per heavy atom. The molecule has 8 heteroatoms. The van der Waals surface area contributed by atoms with Gasteiger partial charge in [0, 0.05) is 0 Å². The number of ether oxygens (including phenoxy) is 1. The van der Waals surface area contributed by atoms with E-state index in [1.54, 1.807) is 24.3 Å². The molecule has 1 fully saturated rings. The number of hydrogen-bond donors (Lipinski definition) is 1. The molecular formula is C20H19F3N3O2+. The predicted octanol–water partition coefficient (Wildman–Crippen LogP) is 1.82. The summed E-state index contributed by atoms with van der Waals surface area (Å²) in [5.74, 6) is 0.444. The first kappa shape index (κ1) is 18.6. The van der Waals surface area contributed by atoms with E-state index in [-0.39, 0.29) is 11.2 Å². The lowest BCUT2D eigenvalue weighted by atomic mass is 10.1. The van der Waals surface area contributed by atoms with E-state index in [1.807, 2.05) is 0 Å². The van der Waals surface area contributed by atoms with Crippen molar-refractivity contribution >= 4 is 10.9 Å². The maximum absolute atomic E-state index is 13.2. The van der Waals surface area contributed by atoms with Gasteiger partial charge in [-0.2, -0.15) is 13.2 Å². The number of morpholine rings is 1. The average Bonchev–Trinajstić information content (AvgIpc) is 2.68. The third kappa shape index (κ3) is 3.65. The van der Waals surface area contributed by atoms with E-state index in [0.717, 1.165) is 25.2 Å². The molecule has 2 aromatic carbocycles.